The molecular weight excluding hydrogens is 176 g/mol. The van der Waals surface area contributed by atoms with E-state index in [4.69, 9.17) is 4.74 Å². The third-order valence-electron chi connectivity index (χ3n) is 2.60. The highest BCUT2D eigenvalue weighted by Crippen LogP contribution is 2.06. The van der Waals surface area contributed by atoms with Crippen LogP contribution in [0.25, 0.3) is 0 Å². The lowest BCUT2D eigenvalue weighted by Crippen LogP contribution is -2.45. The Morgan fingerprint density at radius 3 is 3.07 bits per heavy atom. The maximum atomic E-state index is 5.11. The molecule has 1 aliphatic heterocycles. The average molecular weight is 194 g/mol. The Morgan fingerprint density at radius 1 is 1.57 bits per heavy atom. The quantitative estimate of drug-likeness (QED) is 0.766. The fourth-order valence-electron chi connectivity index (χ4n) is 1.67. The van der Waals surface area contributed by atoms with E-state index in [0.717, 1.165) is 26.3 Å². The van der Waals surface area contributed by atoms with Crippen LogP contribution in [0.5, 0.6) is 0 Å². The molecule has 1 aliphatic rings. The maximum absolute atomic E-state index is 5.11. The van der Waals surface area contributed by atoms with Gasteiger partial charge in [0.05, 0.1) is 19.3 Å². The Hall–Kier alpha value is -0.800. The molecule has 0 saturated carbocycles. The van der Waals surface area contributed by atoms with Crippen molar-refractivity contribution in [3.8, 4) is 0 Å². The van der Waals surface area contributed by atoms with Crippen LogP contribution in [0.1, 0.15) is 19.0 Å². The highest BCUT2D eigenvalue weighted by molar-refractivity contribution is 5.07. The molecule has 1 saturated heterocycles. The average Bonchev–Trinajstić information content (AvgIpc) is 2.51. The normalized spacial score (nSPS) is 16.9. The number of nitrogens with zero attached hydrogens (tertiary/aromatic N) is 1. The first-order valence-corrected chi connectivity index (χ1v) is 5.35. The standard InChI is InChI=1S/C11H18N2O/c1-2-5-13-6-3-4-11(13)7-12-10-8-14-9-10/h3-4,6,10,12H,2,5,7-9H2,1H3. The molecule has 1 fully saturated rings. The second kappa shape index (κ2) is 4.62. The number of aryl methyl sites for hydroxylation is 1. The third-order valence-corrected chi connectivity index (χ3v) is 2.60. The van der Waals surface area contributed by atoms with E-state index in [1.54, 1.807) is 0 Å². The molecule has 3 nitrogen and oxygen atoms in total. The number of nitrogens with one attached hydrogen (secondary N) is 1. The van der Waals surface area contributed by atoms with Crippen molar-refractivity contribution >= 4 is 0 Å². The molecule has 2 rings (SSSR count). The van der Waals surface area contributed by atoms with Crippen LogP contribution < -0.4 is 5.32 Å². The van der Waals surface area contributed by atoms with Crippen LogP contribution in [-0.4, -0.2) is 23.8 Å². The van der Waals surface area contributed by atoms with Gasteiger partial charge in [-0.25, -0.2) is 0 Å². The molecule has 0 atom stereocenters. The van der Waals surface area contributed by atoms with Crippen molar-refractivity contribution < 1.29 is 4.74 Å². The van der Waals surface area contributed by atoms with Crippen LogP contribution in [-0.2, 0) is 17.8 Å². The molecule has 2 heterocycles. The molecule has 1 N–H and O–H groups in total. The first-order chi connectivity index (χ1) is 6.90. The maximum Gasteiger partial charge on any atom is 0.0643 e. The van der Waals surface area contributed by atoms with Crippen LogP contribution in [0.4, 0.5) is 0 Å². The molecule has 0 amide bonds. The van der Waals surface area contributed by atoms with Crippen LogP contribution in [0, 0.1) is 0 Å². The minimum Gasteiger partial charge on any atom is -0.378 e. The highest BCUT2D eigenvalue weighted by atomic mass is 16.5. The summed E-state index contributed by atoms with van der Waals surface area (Å²) in [6.07, 6.45) is 3.34. The SMILES string of the molecule is CCCn1cccc1CNC1COC1. The summed E-state index contributed by atoms with van der Waals surface area (Å²) < 4.78 is 7.43. The smallest absolute Gasteiger partial charge is 0.0643 e. The highest BCUT2D eigenvalue weighted by Gasteiger charge is 2.17. The van der Waals surface area contributed by atoms with Crippen LogP contribution in [0.15, 0.2) is 18.3 Å². The molecule has 0 radical (unpaired) electrons. The number of hydrogen-bond acceptors (Lipinski definition) is 2. The minimum absolute atomic E-state index is 0.569. The van der Waals surface area contributed by atoms with Gasteiger partial charge in [-0.2, -0.15) is 0 Å². The van der Waals surface area contributed by atoms with Crippen molar-refractivity contribution in [1.82, 2.24) is 9.88 Å². The summed E-state index contributed by atoms with van der Waals surface area (Å²) in [5, 5.41) is 3.47. The first-order valence-electron chi connectivity index (χ1n) is 5.35. The van der Waals surface area contributed by atoms with Crippen molar-refractivity contribution in [2.75, 3.05) is 13.2 Å². The first kappa shape index (κ1) is 9.74. The molecule has 0 aliphatic carbocycles. The van der Waals surface area contributed by atoms with E-state index in [-0.39, 0.29) is 0 Å². The Kier molecular flexibility index (Phi) is 3.22. The molecule has 0 aromatic carbocycles. The zero-order valence-electron chi connectivity index (χ0n) is 8.70. The van der Waals surface area contributed by atoms with Gasteiger partial charge >= 0.3 is 0 Å². The van der Waals surface area contributed by atoms with Gasteiger partial charge in [0.25, 0.3) is 0 Å². The molecule has 1 aromatic rings. The Morgan fingerprint density at radius 2 is 2.43 bits per heavy atom. The van der Waals surface area contributed by atoms with Crippen molar-refractivity contribution in [3.63, 3.8) is 0 Å². The Labute approximate surface area is 85.1 Å². The van der Waals surface area contributed by atoms with Crippen molar-refractivity contribution in [1.29, 1.82) is 0 Å². The van der Waals surface area contributed by atoms with Gasteiger partial charge in [0.2, 0.25) is 0 Å². The summed E-state index contributed by atoms with van der Waals surface area (Å²) in [5.74, 6) is 0. The molecule has 14 heavy (non-hydrogen) atoms. The van der Waals surface area contributed by atoms with E-state index in [1.807, 2.05) is 0 Å². The van der Waals surface area contributed by atoms with Gasteiger partial charge in [-0.1, -0.05) is 6.92 Å². The van der Waals surface area contributed by atoms with E-state index in [1.165, 1.54) is 12.1 Å². The molecule has 0 spiro atoms. The molecule has 1 aromatic heterocycles. The van der Waals surface area contributed by atoms with Crippen molar-refractivity contribution in [2.45, 2.75) is 32.5 Å². The monoisotopic (exact) mass is 194 g/mol. The summed E-state index contributed by atoms with van der Waals surface area (Å²) in [6, 6.07) is 4.87. The van der Waals surface area contributed by atoms with E-state index in [2.05, 4.69) is 35.1 Å². The zero-order valence-corrected chi connectivity index (χ0v) is 8.70. The number of ether oxygens (including phenoxy) is 1. The van der Waals surface area contributed by atoms with Gasteiger partial charge in [0.1, 0.15) is 0 Å². The van der Waals surface area contributed by atoms with Crippen LogP contribution >= 0.6 is 0 Å². The van der Waals surface area contributed by atoms with Crippen molar-refractivity contribution in [2.24, 2.45) is 0 Å². The van der Waals surface area contributed by atoms with E-state index >= 15 is 0 Å². The minimum atomic E-state index is 0.569. The molecule has 0 unspecified atom stereocenters. The second-order valence-electron chi connectivity index (χ2n) is 3.81. The van der Waals surface area contributed by atoms with E-state index < -0.39 is 0 Å². The summed E-state index contributed by atoms with van der Waals surface area (Å²) in [6.45, 7) is 6.02. The largest absolute Gasteiger partial charge is 0.378 e. The zero-order chi connectivity index (χ0) is 9.80. The van der Waals surface area contributed by atoms with E-state index in [0.29, 0.717) is 6.04 Å². The lowest BCUT2D eigenvalue weighted by molar-refractivity contribution is -0.00601. The predicted octanol–water partition coefficient (Wildman–Crippen LogP) is 1.39. The molecular formula is C11H18N2O. The van der Waals surface area contributed by atoms with Gasteiger partial charge in [-0.05, 0) is 18.6 Å². The molecule has 78 valence electrons. The number of rotatable bonds is 5. The van der Waals surface area contributed by atoms with Gasteiger partial charge in [0.15, 0.2) is 0 Å². The van der Waals surface area contributed by atoms with Gasteiger partial charge in [0, 0.05) is 25.0 Å². The summed E-state index contributed by atoms with van der Waals surface area (Å²) >= 11 is 0. The number of hydrogen-bond donors (Lipinski definition) is 1. The fourth-order valence-corrected chi connectivity index (χ4v) is 1.67. The molecule has 3 heteroatoms. The third kappa shape index (κ3) is 2.16. The Bertz CT molecular complexity index is 279. The fraction of sp³-hybridized carbons (Fsp3) is 0.636. The van der Waals surface area contributed by atoms with Crippen molar-refractivity contribution in [3.05, 3.63) is 24.0 Å². The second-order valence-corrected chi connectivity index (χ2v) is 3.81. The summed E-state index contributed by atoms with van der Waals surface area (Å²) in [7, 11) is 0. The van der Waals surface area contributed by atoms with Gasteiger partial charge < -0.3 is 14.6 Å². The van der Waals surface area contributed by atoms with Crippen LogP contribution in [0.3, 0.4) is 0 Å². The predicted molar refractivity (Wildman–Crippen MR) is 56.2 cm³/mol. The number of aromatic nitrogens is 1. The van der Waals surface area contributed by atoms with Gasteiger partial charge in [-0.3, -0.25) is 0 Å². The lowest BCUT2D eigenvalue weighted by Gasteiger charge is -2.27. The topological polar surface area (TPSA) is 26.2 Å². The summed E-state index contributed by atoms with van der Waals surface area (Å²) in [5.41, 5.74) is 1.37. The van der Waals surface area contributed by atoms with E-state index in [9.17, 15) is 0 Å². The van der Waals surface area contributed by atoms with Crippen LogP contribution in [0.2, 0.25) is 0 Å². The lowest BCUT2D eigenvalue weighted by atomic mass is 10.2. The summed E-state index contributed by atoms with van der Waals surface area (Å²) in [4.78, 5) is 0. The van der Waals surface area contributed by atoms with Gasteiger partial charge in [-0.15, -0.1) is 0 Å². The Balaban J connectivity index is 1.84. The molecule has 0 bridgehead atoms.